The summed E-state index contributed by atoms with van der Waals surface area (Å²) in [5.74, 6) is 1.38. The zero-order valence-corrected chi connectivity index (χ0v) is 15.6. The number of morpholine rings is 1. The van der Waals surface area contributed by atoms with E-state index >= 15 is 0 Å². The second-order valence-electron chi connectivity index (χ2n) is 5.95. The zero-order chi connectivity index (χ0) is 19.1. The number of ether oxygens (including phenoxy) is 3. The Hall–Kier alpha value is -2.87. The molecule has 1 fully saturated rings. The van der Waals surface area contributed by atoms with Crippen LogP contribution in [0.1, 0.15) is 22.8 Å². The van der Waals surface area contributed by atoms with Crippen molar-refractivity contribution in [2.24, 2.45) is 0 Å². The lowest BCUT2D eigenvalue weighted by Gasteiger charge is -2.27. The van der Waals surface area contributed by atoms with Crippen molar-refractivity contribution in [3.8, 4) is 5.75 Å². The molecule has 0 spiro atoms. The third kappa shape index (κ3) is 4.85. The molecule has 0 amide bonds. The van der Waals surface area contributed by atoms with E-state index in [0.717, 1.165) is 24.4 Å². The Morgan fingerprint density at radius 1 is 1.26 bits per heavy atom. The first-order chi connectivity index (χ1) is 13.2. The summed E-state index contributed by atoms with van der Waals surface area (Å²) in [4.78, 5) is 23.2. The number of esters is 1. The van der Waals surface area contributed by atoms with E-state index < -0.39 is 5.97 Å². The molecule has 0 saturated carbocycles. The second kappa shape index (κ2) is 9.18. The predicted octanol–water partition coefficient (Wildman–Crippen LogP) is 2.11. The van der Waals surface area contributed by atoms with Crippen molar-refractivity contribution in [3.63, 3.8) is 0 Å². The zero-order valence-electron chi connectivity index (χ0n) is 15.6. The van der Waals surface area contributed by atoms with Gasteiger partial charge in [-0.05, 0) is 24.6 Å². The van der Waals surface area contributed by atoms with Crippen molar-refractivity contribution in [1.29, 1.82) is 0 Å². The highest BCUT2D eigenvalue weighted by Gasteiger charge is 2.19. The molecule has 1 aromatic heterocycles. The summed E-state index contributed by atoms with van der Waals surface area (Å²) in [5, 5.41) is 3.24. The number of carbonyl (C=O) groups excluding carboxylic acids is 1. The highest BCUT2D eigenvalue weighted by atomic mass is 16.5. The fourth-order valence-electron chi connectivity index (χ4n) is 2.71. The number of anilines is 2. The van der Waals surface area contributed by atoms with E-state index in [9.17, 15) is 4.79 Å². The van der Waals surface area contributed by atoms with Gasteiger partial charge < -0.3 is 24.4 Å². The van der Waals surface area contributed by atoms with Crippen LogP contribution in [0.4, 0.5) is 11.8 Å². The van der Waals surface area contributed by atoms with Crippen LogP contribution in [0.25, 0.3) is 0 Å². The number of hydrogen-bond acceptors (Lipinski definition) is 8. The third-order valence-corrected chi connectivity index (χ3v) is 4.18. The molecule has 0 bridgehead atoms. The van der Waals surface area contributed by atoms with Gasteiger partial charge in [0.15, 0.2) is 0 Å². The highest BCUT2D eigenvalue weighted by molar-refractivity contribution is 5.94. The summed E-state index contributed by atoms with van der Waals surface area (Å²) in [7, 11) is 1.63. The van der Waals surface area contributed by atoms with Gasteiger partial charge in [-0.2, -0.15) is 4.98 Å². The molecule has 27 heavy (non-hydrogen) atoms. The number of benzene rings is 1. The molecular weight excluding hydrogens is 348 g/mol. The van der Waals surface area contributed by atoms with Crippen molar-refractivity contribution in [2.75, 3.05) is 50.2 Å². The minimum Gasteiger partial charge on any atom is -0.497 e. The number of carbonyl (C=O) groups is 1. The smallest absolute Gasteiger partial charge is 0.343 e. The maximum atomic E-state index is 12.3. The van der Waals surface area contributed by atoms with E-state index in [1.165, 1.54) is 6.20 Å². The molecule has 1 aliphatic rings. The first-order valence-corrected chi connectivity index (χ1v) is 8.95. The predicted molar refractivity (Wildman–Crippen MR) is 101 cm³/mol. The molecular formula is C19H24N4O4. The lowest BCUT2D eigenvalue weighted by molar-refractivity contribution is 0.0526. The van der Waals surface area contributed by atoms with Crippen LogP contribution in [-0.2, 0) is 16.0 Å². The number of rotatable bonds is 7. The van der Waals surface area contributed by atoms with Gasteiger partial charge in [0, 0.05) is 25.8 Å². The van der Waals surface area contributed by atoms with Crippen LogP contribution < -0.4 is 15.0 Å². The molecule has 8 nitrogen and oxygen atoms in total. The van der Waals surface area contributed by atoms with Crippen LogP contribution in [0.15, 0.2) is 30.5 Å². The van der Waals surface area contributed by atoms with Crippen LogP contribution >= 0.6 is 0 Å². The summed E-state index contributed by atoms with van der Waals surface area (Å²) in [6, 6.07) is 7.70. The Morgan fingerprint density at radius 2 is 2.00 bits per heavy atom. The quantitative estimate of drug-likeness (QED) is 0.740. The minimum atomic E-state index is -0.441. The number of nitrogens with zero attached hydrogens (tertiary/aromatic N) is 3. The molecule has 1 N–H and O–H groups in total. The van der Waals surface area contributed by atoms with Gasteiger partial charge in [-0.3, -0.25) is 0 Å². The van der Waals surface area contributed by atoms with Crippen molar-refractivity contribution in [3.05, 3.63) is 41.6 Å². The Kier molecular flexibility index (Phi) is 6.43. The Balaban J connectivity index is 1.80. The average Bonchev–Trinajstić information content (AvgIpc) is 2.73. The lowest BCUT2D eigenvalue weighted by Crippen LogP contribution is -2.37. The SMILES string of the molecule is CCOC(=O)c1cnc(N2CCOCC2)nc1NCc1ccc(OC)cc1. The monoisotopic (exact) mass is 372 g/mol. The van der Waals surface area contributed by atoms with Crippen LogP contribution in [0, 0.1) is 0 Å². The van der Waals surface area contributed by atoms with Gasteiger partial charge >= 0.3 is 5.97 Å². The maximum Gasteiger partial charge on any atom is 0.343 e. The molecule has 8 heteroatoms. The number of methoxy groups -OCH3 is 1. The molecule has 1 aromatic carbocycles. The maximum absolute atomic E-state index is 12.3. The molecule has 0 radical (unpaired) electrons. The molecule has 0 unspecified atom stereocenters. The van der Waals surface area contributed by atoms with E-state index in [-0.39, 0.29) is 0 Å². The number of nitrogens with one attached hydrogen (secondary N) is 1. The minimum absolute atomic E-state index is 0.294. The fourth-order valence-corrected chi connectivity index (χ4v) is 2.71. The second-order valence-corrected chi connectivity index (χ2v) is 5.95. The normalized spacial score (nSPS) is 13.9. The van der Waals surface area contributed by atoms with E-state index in [2.05, 4.69) is 15.3 Å². The summed E-state index contributed by atoms with van der Waals surface area (Å²) < 4.78 is 15.7. The van der Waals surface area contributed by atoms with E-state index in [0.29, 0.717) is 43.7 Å². The average molecular weight is 372 g/mol. The molecule has 0 aliphatic carbocycles. The van der Waals surface area contributed by atoms with E-state index in [1.807, 2.05) is 29.2 Å². The van der Waals surface area contributed by atoms with Crippen LogP contribution in [0.3, 0.4) is 0 Å². The van der Waals surface area contributed by atoms with Gasteiger partial charge in [-0.25, -0.2) is 9.78 Å². The first-order valence-electron chi connectivity index (χ1n) is 8.95. The summed E-state index contributed by atoms with van der Waals surface area (Å²) in [6.07, 6.45) is 1.52. The summed E-state index contributed by atoms with van der Waals surface area (Å²) >= 11 is 0. The third-order valence-electron chi connectivity index (χ3n) is 4.18. The Morgan fingerprint density at radius 3 is 2.67 bits per heavy atom. The summed E-state index contributed by atoms with van der Waals surface area (Å²) in [5.41, 5.74) is 1.36. The molecule has 0 atom stereocenters. The highest BCUT2D eigenvalue weighted by Crippen LogP contribution is 2.20. The Bertz CT molecular complexity index is 761. The lowest BCUT2D eigenvalue weighted by atomic mass is 10.2. The van der Waals surface area contributed by atoms with Crippen molar-refractivity contribution in [1.82, 2.24) is 9.97 Å². The van der Waals surface area contributed by atoms with E-state index in [4.69, 9.17) is 14.2 Å². The molecule has 2 heterocycles. The van der Waals surface area contributed by atoms with Crippen molar-refractivity contribution < 1.29 is 19.0 Å². The molecule has 3 rings (SSSR count). The topological polar surface area (TPSA) is 85.8 Å². The van der Waals surface area contributed by atoms with Gasteiger partial charge in [0.25, 0.3) is 0 Å². The van der Waals surface area contributed by atoms with Gasteiger partial charge in [-0.1, -0.05) is 12.1 Å². The van der Waals surface area contributed by atoms with Crippen molar-refractivity contribution >= 4 is 17.7 Å². The fraction of sp³-hybridized carbons (Fsp3) is 0.421. The van der Waals surface area contributed by atoms with Crippen LogP contribution in [0.2, 0.25) is 0 Å². The standard InChI is InChI=1S/C19H24N4O4/c1-3-27-18(24)16-13-21-19(23-8-10-26-11-9-23)22-17(16)20-12-14-4-6-15(25-2)7-5-14/h4-7,13H,3,8-12H2,1-2H3,(H,20,21,22). The van der Waals surface area contributed by atoms with Gasteiger partial charge in [0.2, 0.25) is 5.95 Å². The van der Waals surface area contributed by atoms with Gasteiger partial charge in [0.1, 0.15) is 17.1 Å². The van der Waals surface area contributed by atoms with Crippen LogP contribution in [0.5, 0.6) is 5.75 Å². The first kappa shape index (κ1) is 18.9. The van der Waals surface area contributed by atoms with Gasteiger partial charge in [-0.15, -0.1) is 0 Å². The Labute approximate surface area is 158 Å². The molecule has 1 saturated heterocycles. The number of aromatic nitrogens is 2. The summed E-state index contributed by atoms with van der Waals surface area (Å²) in [6.45, 7) is 5.28. The van der Waals surface area contributed by atoms with Crippen LogP contribution in [-0.4, -0.2) is 56.0 Å². The van der Waals surface area contributed by atoms with Crippen molar-refractivity contribution in [2.45, 2.75) is 13.5 Å². The molecule has 144 valence electrons. The van der Waals surface area contributed by atoms with E-state index in [1.54, 1.807) is 14.0 Å². The number of hydrogen-bond donors (Lipinski definition) is 1. The molecule has 1 aliphatic heterocycles. The van der Waals surface area contributed by atoms with Gasteiger partial charge in [0.05, 0.1) is 26.9 Å². The molecule has 2 aromatic rings. The largest absolute Gasteiger partial charge is 0.497 e.